The number of pyridine rings is 1. The van der Waals surface area contributed by atoms with Crippen molar-refractivity contribution in [2.24, 2.45) is 0 Å². The smallest absolute Gasteiger partial charge is 0.270 e. The SMILES string of the molecule is O=C(NCc1cccnc1N1CCOCC1)c1cc([N+](=O)[O-])ccc1Oc1ccccc1. The van der Waals surface area contributed by atoms with E-state index >= 15 is 0 Å². The second-order valence-corrected chi connectivity index (χ2v) is 7.12. The highest BCUT2D eigenvalue weighted by Crippen LogP contribution is 2.29. The van der Waals surface area contributed by atoms with E-state index in [1.54, 1.807) is 30.5 Å². The number of non-ortho nitro benzene ring substituents is 1. The van der Waals surface area contributed by atoms with Crippen molar-refractivity contribution in [2.75, 3.05) is 31.2 Å². The predicted molar refractivity (Wildman–Crippen MR) is 118 cm³/mol. The van der Waals surface area contributed by atoms with E-state index in [1.165, 1.54) is 18.2 Å². The van der Waals surface area contributed by atoms with Crippen molar-refractivity contribution in [1.29, 1.82) is 0 Å². The van der Waals surface area contributed by atoms with Gasteiger partial charge in [0, 0.05) is 43.5 Å². The molecule has 0 unspecified atom stereocenters. The van der Waals surface area contributed by atoms with Crippen LogP contribution in [0.5, 0.6) is 11.5 Å². The van der Waals surface area contributed by atoms with Crippen LogP contribution in [0.4, 0.5) is 11.5 Å². The summed E-state index contributed by atoms with van der Waals surface area (Å²) in [4.78, 5) is 30.3. The van der Waals surface area contributed by atoms with Gasteiger partial charge in [-0.1, -0.05) is 24.3 Å². The fourth-order valence-electron chi connectivity index (χ4n) is 3.41. The molecule has 4 rings (SSSR count). The van der Waals surface area contributed by atoms with E-state index in [2.05, 4.69) is 15.2 Å². The summed E-state index contributed by atoms with van der Waals surface area (Å²) in [5, 5.41) is 14.1. The van der Waals surface area contributed by atoms with E-state index < -0.39 is 10.8 Å². The number of nitrogens with zero attached hydrogens (tertiary/aromatic N) is 3. The van der Waals surface area contributed by atoms with Crippen LogP contribution in [0.2, 0.25) is 0 Å². The molecule has 0 saturated carbocycles. The number of rotatable bonds is 7. The summed E-state index contributed by atoms with van der Waals surface area (Å²) in [5.41, 5.74) is 0.740. The van der Waals surface area contributed by atoms with Crippen LogP contribution in [0.1, 0.15) is 15.9 Å². The van der Waals surface area contributed by atoms with Crippen LogP contribution in [0.25, 0.3) is 0 Å². The number of nitrogens with one attached hydrogen (secondary N) is 1. The van der Waals surface area contributed by atoms with Crippen LogP contribution < -0.4 is 15.0 Å². The summed E-state index contributed by atoms with van der Waals surface area (Å²) >= 11 is 0. The van der Waals surface area contributed by atoms with Crippen LogP contribution in [0, 0.1) is 10.1 Å². The molecule has 1 aromatic heterocycles. The minimum atomic E-state index is -0.541. The number of amides is 1. The minimum Gasteiger partial charge on any atom is -0.457 e. The number of nitro benzene ring substituents is 1. The van der Waals surface area contributed by atoms with E-state index in [9.17, 15) is 14.9 Å². The second-order valence-electron chi connectivity index (χ2n) is 7.12. The van der Waals surface area contributed by atoms with E-state index in [4.69, 9.17) is 9.47 Å². The van der Waals surface area contributed by atoms with Crippen molar-refractivity contribution < 1.29 is 19.2 Å². The number of carbonyl (C=O) groups is 1. The molecule has 1 fully saturated rings. The van der Waals surface area contributed by atoms with Gasteiger partial charge in [0.25, 0.3) is 11.6 Å². The number of hydrogen-bond donors (Lipinski definition) is 1. The lowest BCUT2D eigenvalue weighted by Crippen LogP contribution is -2.37. The Morgan fingerprint density at radius 1 is 1.12 bits per heavy atom. The van der Waals surface area contributed by atoms with Gasteiger partial charge in [0.1, 0.15) is 17.3 Å². The van der Waals surface area contributed by atoms with Crippen molar-refractivity contribution in [3.05, 3.63) is 88.1 Å². The Bertz CT molecular complexity index is 1100. The Balaban J connectivity index is 1.55. The monoisotopic (exact) mass is 434 g/mol. The van der Waals surface area contributed by atoms with Crippen molar-refractivity contribution in [3.63, 3.8) is 0 Å². The van der Waals surface area contributed by atoms with Gasteiger partial charge in [-0.2, -0.15) is 0 Å². The topological polar surface area (TPSA) is 107 Å². The molecule has 164 valence electrons. The van der Waals surface area contributed by atoms with Gasteiger partial charge in [-0.25, -0.2) is 4.98 Å². The molecule has 0 bridgehead atoms. The molecule has 9 nitrogen and oxygen atoms in total. The Kier molecular flexibility index (Phi) is 6.57. The number of nitro groups is 1. The summed E-state index contributed by atoms with van der Waals surface area (Å²) in [6.45, 7) is 2.90. The first kappa shape index (κ1) is 21.3. The number of aromatic nitrogens is 1. The number of carbonyl (C=O) groups excluding carboxylic acids is 1. The van der Waals surface area contributed by atoms with Gasteiger partial charge in [0.05, 0.1) is 23.7 Å². The largest absolute Gasteiger partial charge is 0.457 e. The van der Waals surface area contributed by atoms with Crippen LogP contribution in [-0.4, -0.2) is 42.1 Å². The summed E-state index contributed by atoms with van der Waals surface area (Å²) in [7, 11) is 0. The predicted octanol–water partition coefficient (Wildman–Crippen LogP) is 3.55. The molecular formula is C23H22N4O5. The molecule has 2 heterocycles. The summed E-state index contributed by atoms with van der Waals surface area (Å²) in [6, 6.07) is 16.6. The molecule has 32 heavy (non-hydrogen) atoms. The molecule has 0 aliphatic carbocycles. The van der Waals surface area contributed by atoms with E-state index in [1.807, 2.05) is 18.2 Å². The number of morpholine rings is 1. The molecule has 1 amide bonds. The van der Waals surface area contributed by atoms with E-state index in [-0.39, 0.29) is 23.5 Å². The first-order chi connectivity index (χ1) is 15.6. The zero-order valence-electron chi connectivity index (χ0n) is 17.3. The van der Waals surface area contributed by atoms with Gasteiger partial charge in [-0.3, -0.25) is 14.9 Å². The highest BCUT2D eigenvalue weighted by Gasteiger charge is 2.20. The van der Waals surface area contributed by atoms with Crippen LogP contribution in [0.15, 0.2) is 66.9 Å². The molecule has 1 aliphatic heterocycles. The van der Waals surface area contributed by atoms with Gasteiger partial charge < -0.3 is 19.7 Å². The fourth-order valence-corrected chi connectivity index (χ4v) is 3.41. The fraction of sp³-hybridized carbons (Fsp3) is 0.217. The lowest BCUT2D eigenvalue weighted by atomic mass is 10.1. The number of ether oxygens (including phenoxy) is 2. The van der Waals surface area contributed by atoms with Gasteiger partial charge >= 0.3 is 0 Å². The molecule has 1 aliphatic rings. The maximum absolute atomic E-state index is 13.0. The lowest BCUT2D eigenvalue weighted by molar-refractivity contribution is -0.384. The van der Waals surface area contributed by atoms with E-state index in [0.717, 1.165) is 24.5 Å². The van der Waals surface area contributed by atoms with Crippen LogP contribution in [0.3, 0.4) is 0 Å². The van der Waals surface area contributed by atoms with E-state index in [0.29, 0.717) is 19.0 Å². The zero-order valence-corrected chi connectivity index (χ0v) is 17.3. The highest BCUT2D eigenvalue weighted by molar-refractivity contribution is 5.97. The normalized spacial score (nSPS) is 13.4. The molecule has 9 heteroatoms. The maximum atomic E-state index is 13.0. The molecule has 0 radical (unpaired) electrons. The average molecular weight is 434 g/mol. The van der Waals surface area contributed by atoms with Gasteiger partial charge in [0.15, 0.2) is 0 Å². The molecule has 1 saturated heterocycles. The minimum absolute atomic E-state index is 0.0832. The summed E-state index contributed by atoms with van der Waals surface area (Å²) in [6.07, 6.45) is 1.71. The lowest BCUT2D eigenvalue weighted by Gasteiger charge is -2.29. The molecule has 1 N–H and O–H groups in total. The van der Waals surface area contributed by atoms with Gasteiger partial charge in [-0.15, -0.1) is 0 Å². The quantitative estimate of drug-likeness (QED) is 0.448. The Morgan fingerprint density at radius 3 is 2.66 bits per heavy atom. The Morgan fingerprint density at radius 2 is 1.91 bits per heavy atom. The molecule has 2 aromatic carbocycles. The van der Waals surface area contributed by atoms with Crippen molar-refractivity contribution in [3.8, 4) is 11.5 Å². The van der Waals surface area contributed by atoms with Crippen molar-refractivity contribution in [1.82, 2.24) is 10.3 Å². The molecular weight excluding hydrogens is 412 g/mol. The first-order valence-corrected chi connectivity index (χ1v) is 10.2. The zero-order chi connectivity index (χ0) is 22.3. The first-order valence-electron chi connectivity index (χ1n) is 10.2. The summed E-state index contributed by atoms with van der Waals surface area (Å²) < 4.78 is 11.2. The highest BCUT2D eigenvalue weighted by atomic mass is 16.6. The standard InChI is InChI=1S/C23H22N4O5/c28-23(25-16-17-5-4-10-24-22(17)26-11-13-31-14-12-26)20-15-18(27(29)30)8-9-21(20)32-19-6-2-1-3-7-19/h1-10,15H,11-14,16H2,(H,25,28). The molecule has 0 atom stereocenters. The number of anilines is 1. The summed E-state index contributed by atoms with van der Waals surface area (Å²) in [5.74, 6) is 1.07. The van der Waals surface area contributed by atoms with Gasteiger partial charge in [0.2, 0.25) is 0 Å². The number of hydrogen-bond acceptors (Lipinski definition) is 7. The second kappa shape index (κ2) is 9.88. The third-order valence-corrected chi connectivity index (χ3v) is 5.01. The third kappa shape index (κ3) is 5.01. The third-order valence-electron chi connectivity index (χ3n) is 5.01. The number of benzene rings is 2. The number of para-hydroxylation sites is 1. The van der Waals surface area contributed by atoms with Crippen molar-refractivity contribution in [2.45, 2.75) is 6.54 Å². The Labute approximate surface area is 184 Å². The van der Waals surface area contributed by atoms with Crippen LogP contribution in [-0.2, 0) is 11.3 Å². The maximum Gasteiger partial charge on any atom is 0.270 e. The van der Waals surface area contributed by atoms with Crippen LogP contribution >= 0.6 is 0 Å². The average Bonchev–Trinajstić information content (AvgIpc) is 2.84. The molecule has 0 spiro atoms. The van der Waals surface area contributed by atoms with Crippen molar-refractivity contribution >= 4 is 17.4 Å². The molecule has 3 aromatic rings. The Hall–Kier alpha value is -3.98. The van der Waals surface area contributed by atoms with Gasteiger partial charge in [-0.05, 0) is 24.3 Å².